The number of fused-ring (bicyclic) bond motifs is 1. The lowest BCUT2D eigenvalue weighted by Crippen LogP contribution is -2.46. The monoisotopic (exact) mass is 473 g/mol. The highest BCUT2D eigenvalue weighted by molar-refractivity contribution is 9.10. The van der Waals surface area contributed by atoms with Crippen LogP contribution in [0.1, 0.15) is 13.8 Å². The molecule has 8 nitrogen and oxygen atoms in total. The van der Waals surface area contributed by atoms with Crippen molar-refractivity contribution in [3.8, 4) is 5.75 Å². The number of hydrogen-bond donors (Lipinski definition) is 1. The summed E-state index contributed by atoms with van der Waals surface area (Å²) in [7, 11) is 0. The van der Waals surface area contributed by atoms with Crippen LogP contribution in [0.2, 0.25) is 0 Å². The van der Waals surface area contributed by atoms with Gasteiger partial charge in [-0.05, 0) is 41.2 Å². The fourth-order valence-corrected chi connectivity index (χ4v) is 4.28. The molecule has 0 spiro atoms. The van der Waals surface area contributed by atoms with E-state index in [-0.39, 0.29) is 0 Å². The lowest BCUT2D eigenvalue weighted by atomic mass is 10.2. The van der Waals surface area contributed by atoms with Crippen LogP contribution in [0.5, 0.6) is 5.75 Å². The molecule has 0 amide bonds. The van der Waals surface area contributed by atoms with Gasteiger partial charge in [-0.15, -0.1) is 0 Å². The molecule has 4 rings (SSSR count). The van der Waals surface area contributed by atoms with E-state index in [9.17, 15) is 0 Å². The van der Waals surface area contributed by atoms with Crippen molar-refractivity contribution in [3.05, 3.63) is 35.2 Å². The Kier molecular flexibility index (Phi) is 6.69. The SMILES string of the molecule is CCN(CC)CCOc1cccc(N2CCN(c3ncnc4[nH]nc(Br)c34)CC2)c1. The average molecular weight is 474 g/mol. The van der Waals surface area contributed by atoms with E-state index in [0.717, 1.165) is 73.0 Å². The number of nitrogens with one attached hydrogen (secondary N) is 1. The van der Waals surface area contributed by atoms with Gasteiger partial charge in [0.1, 0.15) is 29.1 Å². The Bertz CT molecular complexity index is 967. The van der Waals surface area contributed by atoms with Crippen molar-refractivity contribution in [3.63, 3.8) is 0 Å². The molecule has 0 aliphatic carbocycles. The molecule has 1 aromatic carbocycles. The number of H-pyrrole nitrogens is 1. The number of benzene rings is 1. The topological polar surface area (TPSA) is 73.4 Å². The minimum atomic E-state index is 0.711. The highest BCUT2D eigenvalue weighted by Crippen LogP contribution is 2.30. The number of anilines is 2. The van der Waals surface area contributed by atoms with Crippen LogP contribution < -0.4 is 14.5 Å². The molecule has 0 atom stereocenters. The molecule has 1 aliphatic rings. The molecule has 3 aromatic rings. The average Bonchev–Trinajstić information content (AvgIpc) is 3.18. The normalized spacial score (nSPS) is 14.7. The van der Waals surface area contributed by atoms with Crippen LogP contribution in [-0.4, -0.2) is 77.5 Å². The van der Waals surface area contributed by atoms with E-state index in [0.29, 0.717) is 6.61 Å². The van der Waals surface area contributed by atoms with E-state index < -0.39 is 0 Å². The fourth-order valence-electron chi connectivity index (χ4n) is 3.83. The van der Waals surface area contributed by atoms with Crippen molar-refractivity contribution < 1.29 is 4.74 Å². The number of ether oxygens (including phenoxy) is 1. The molecule has 9 heteroatoms. The standard InChI is InChI=1S/C21H28BrN7O/c1-3-27(4-2)12-13-30-17-7-5-6-16(14-17)28-8-10-29(11-9-28)21-18-19(22)25-26-20(18)23-15-24-21/h5-7,14-15H,3-4,8-13H2,1-2H3,(H,23,24,25,26). The highest BCUT2D eigenvalue weighted by Gasteiger charge is 2.22. The van der Waals surface area contributed by atoms with E-state index >= 15 is 0 Å². The summed E-state index contributed by atoms with van der Waals surface area (Å²) >= 11 is 3.50. The van der Waals surface area contributed by atoms with Crippen LogP contribution in [-0.2, 0) is 0 Å². The van der Waals surface area contributed by atoms with Crippen LogP contribution >= 0.6 is 15.9 Å². The Labute approximate surface area is 185 Å². The van der Waals surface area contributed by atoms with Crippen LogP contribution in [0.15, 0.2) is 35.2 Å². The fraction of sp³-hybridized carbons (Fsp3) is 0.476. The zero-order valence-corrected chi connectivity index (χ0v) is 19.1. The van der Waals surface area contributed by atoms with Gasteiger partial charge in [-0.25, -0.2) is 9.97 Å². The quantitative estimate of drug-likeness (QED) is 0.538. The molecule has 0 saturated carbocycles. The molecule has 160 valence electrons. The predicted octanol–water partition coefficient (Wildman–Crippen LogP) is 3.16. The number of halogens is 1. The van der Waals surface area contributed by atoms with Crippen molar-refractivity contribution in [1.82, 2.24) is 25.1 Å². The number of rotatable bonds is 8. The smallest absolute Gasteiger partial charge is 0.161 e. The summed E-state index contributed by atoms with van der Waals surface area (Å²) in [5.74, 6) is 1.86. The van der Waals surface area contributed by atoms with Crippen molar-refractivity contribution in [2.75, 3.05) is 62.2 Å². The van der Waals surface area contributed by atoms with Crippen molar-refractivity contribution in [1.29, 1.82) is 0 Å². The number of likely N-dealkylation sites (N-methyl/N-ethyl adjacent to an activating group) is 1. The van der Waals surface area contributed by atoms with E-state index in [2.05, 4.69) is 82.8 Å². The maximum Gasteiger partial charge on any atom is 0.161 e. The van der Waals surface area contributed by atoms with Gasteiger partial charge in [0, 0.05) is 44.5 Å². The molecule has 1 aliphatic heterocycles. The summed E-state index contributed by atoms with van der Waals surface area (Å²) in [5.41, 5.74) is 1.95. The third-order valence-corrected chi connectivity index (χ3v) is 6.20. The molecule has 3 heterocycles. The number of hydrogen-bond acceptors (Lipinski definition) is 7. The molecule has 1 N–H and O–H groups in total. The summed E-state index contributed by atoms with van der Waals surface area (Å²) in [6.45, 7) is 11.7. The lowest BCUT2D eigenvalue weighted by molar-refractivity contribution is 0.223. The summed E-state index contributed by atoms with van der Waals surface area (Å²) in [5, 5.41) is 8.08. The Morgan fingerprint density at radius 2 is 1.87 bits per heavy atom. The van der Waals surface area contributed by atoms with Crippen LogP contribution in [0.25, 0.3) is 11.0 Å². The summed E-state index contributed by atoms with van der Waals surface area (Å²) in [6.07, 6.45) is 1.59. The molecular weight excluding hydrogens is 446 g/mol. The van der Waals surface area contributed by atoms with Gasteiger partial charge in [-0.1, -0.05) is 19.9 Å². The first-order chi connectivity index (χ1) is 14.7. The molecule has 0 bridgehead atoms. The van der Waals surface area contributed by atoms with Crippen molar-refractivity contribution >= 4 is 38.5 Å². The third-order valence-electron chi connectivity index (χ3n) is 5.63. The largest absolute Gasteiger partial charge is 0.492 e. The van der Waals surface area contributed by atoms with Crippen LogP contribution in [0, 0.1) is 0 Å². The summed E-state index contributed by atoms with van der Waals surface area (Å²) in [6, 6.07) is 8.41. The molecular formula is C21H28BrN7O. The first-order valence-corrected chi connectivity index (χ1v) is 11.3. The van der Waals surface area contributed by atoms with Gasteiger partial charge in [0.15, 0.2) is 5.65 Å². The van der Waals surface area contributed by atoms with Gasteiger partial charge in [0.25, 0.3) is 0 Å². The minimum Gasteiger partial charge on any atom is -0.492 e. The Morgan fingerprint density at radius 1 is 1.10 bits per heavy atom. The summed E-state index contributed by atoms with van der Waals surface area (Å²) in [4.78, 5) is 15.8. The third kappa shape index (κ3) is 4.52. The Hall–Kier alpha value is -2.39. The Morgan fingerprint density at radius 3 is 2.63 bits per heavy atom. The molecule has 2 aromatic heterocycles. The first kappa shape index (κ1) is 20.9. The molecule has 1 saturated heterocycles. The Balaban J connectivity index is 1.38. The maximum absolute atomic E-state index is 6.00. The van der Waals surface area contributed by atoms with Crippen LogP contribution in [0.3, 0.4) is 0 Å². The second-order valence-electron chi connectivity index (χ2n) is 7.28. The molecule has 0 radical (unpaired) electrons. The van der Waals surface area contributed by atoms with E-state index in [1.807, 2.05) is 6.07 Å². The van der Waals surface area contributed by atoms with E-state index in [1.165, 1.54) is 5.69 Å². The zero-order chi connectivity index (χ0) is 20.9. The van der Waals surface area contributed by atoms with E-state index in [1.54, 1.807) is 6.33 Å². The van der Waals surface area contributed by atoms with Gasteiger partial charge in [-0.3, -0.25) is 5.10 Å². The van der Waals surface area contributed by atoms with Gasteiger partial charge < -0.3 is 19.4 Å². The van der Waals surface area contributed by atoms with Gasteiger partial charge in [-0.2, -0.15) is 5.10 Å². The van der Waals surface area contributed by atoms with Crippen LogP contribution in [0.4, 0.5) is 11.5 Å². The summed E-state index contributed by atoms with van der Waals surface area (Å²) < 4.78 is 6.76. The number of aromatic amines is 1. The van der Waals surface area contributed by atoms with Gasteiger partial charge in [0.2, 0.25) is 0 Å². The van der Waals surface area contributed by atoms with Gasteiger partial charge in [0.05, 0.1) is 5.39 Å². The number of piperazine rings is 1. The van der Waals surface area contributed by atoms with Crippen molar-refractivity contribution in [2.24, 2.45) is 0 Å². The predicted molar refractivity (Wildman–Crippen MR) is 124 cm³/mol. The number of nitrogens with zero attached hydrogens (tertiary/aromatic N) is 6. The van der Waals surface area contributed by atoms with Crippen molar-refractivity contribution in [2.45, 2.75) is 13.8 Å². The second kappa shape index (κ2) is 9.61. The molecule has 1 fully saturated rings. The molecule has 30 heavy (non-hydrogen) atoms. The lowest BCUT2D eigenvalue weighted by Gasteiger charge is -2.37. The minimum absolute atomic E-state index is 0.711. The van der Waals surface area contributed by atoms with Gasteiger partial charge >= 0.3 is 0 Å². The van der Waals surface area contributed by atoms with E-state index in [4.69, 9.17) is 4.74 Å². The second-order valence-corrected chi connectivity index (χ2v) is 8.03. The number of aromatic nitrogens is 4. The maximum atomic E-state index is 6.00. The molecule has 0 unspecified atom stereocenters. The first-order valence-electron chi connectivity index (χ1n) is 10.5. The highest BCUT2D eigenvalue weighted by atomic mass is 79.9. The zero-order valence-electron chi connectivity index (χ0n) is 17.5.